The number of hydrogen-bond donors (Lipinski definition) is 2. The van der Waals surface area contributed by atoms with Gasteiger partial charge in [-0.15, -0.1) is 0 Å². The Hall–Kier alpha value is -0.520. The number of hydrazine groups is 1. The fourth-order valence-electron chi connectivity index (χ4n) is 1.07. The molecule has 1 aromatic heterocycles. The van der Waals surface area contributed by atoms with Gasteiger partial charge in [-0.2, -0.15) is 8.75 Å². The molecule has 0 radical (unpaired) electrons. The average molecular weight is 186 g/mol. The zero-order valence-corrected chi connectivity index (χ0v) is 8.14. The maximum Gasteiger partial charge on any atom is 0.0925 e. The largest absolute Gasteiger partial charge is 0.271 e. The summed E-state index contributed by atoms with van der Waals surface area (Å²) >= 11 is 1.21. The highest BCUT2D eigenvalue weighted by Crippen LogP contribution is 2.18. The number of hydrogen-bond acceptors (Lipinski definition) is 5. The van der Waals surface area contributed by atoms with Crippen LogP contribution in [0.15, 0.2) is 6.20 Å². The summed E-state index contributed by atoms with van der Waals surface area (Å²) in [6, 6.07) is 0.142. The van der Waals surface area contributed by atoms with Gasteiger partial charge in [-0.05, 0) is 12.3 Å². The lowest BCUT2D eigenvalue weighted by Crippen LogP contribution is -2.29. The first-order chi connectivity index (χ1) is 5.74. The van der Waals surface area contributed by atoms with Gasteiger partial charge in [-0.1, -0.05) is 13.8 Å². The van der Waals surface area contributed by atoms with E-state index in [1.807, 2.05) is 0 Å². The van der Waals surface area contributed by atoms with E-state index in [9.17, 15) is 0 Å². The molecule has 0 aromatic carbocycles. The lowest BCUT2D eigenvalue weighted by molar-refractivity contribution is 0.432. The van der Waals surface area contributed by atoms with Gasteiger partial charge in [0.1, 0.15) is 0 Å². The molecule has 5 heteroatoms. The van der Waals surface area contributed by atoms with Crippen LogP contribution in [0.4, 0.5) is 0 Å². The predicted octanol–water partition coefficient (Wildman–Crippen LogP) is 1.09. The summed E-state index contributed by atoms with van der Waals surface area (Å²) in [5.41, 5.74) is 3.68. The van der Waals surface area contributed by atoms with Gasteiger partial charge in [0.15, 0.2) is 0 Å². The average Bonchev–Trinajstić information content (AvgIpc) is 2.51. The summed E-state index contributed by atoms with van der Waals surface area (Å²) in [4.78, 5) is 0. The van der Waals surface area contributed by atoms with Crippen LogP contribution in [0, 0.1) is 5.92 Å². The minimum atomic E-state index is 0.142. The normalized spacial score (nSPS) is 13.7. The molecule has 0 aliphatic rings. The number of nitrogens with two attached hydrogens (primary N) is 1. The number of nitrogens with one attached hydrogen (secondary N) is 1. The monoisotopic (exact) mass is 186 g/mol. The molecule has 1 atom stereocenters. The Kier molecular flexibility index (Phi) is 3.58. The minimum Gasteiger partial charge on any atom is -0.271 e. The SMILES string of the molecule is CC(C)CC(NN)c1cnsn1. The van der Waals surface area contributed by atoms with Crippen LogP contribution in [0.25, 0.3) is 0 Å². The van der Waals surface area contributed by atoms with Gasteiger partial charge in [-0.3, -0.25) is 11.3 Å². The van der Waals surface area contributed by atoms with Crippen LogP contribution < -0.4 is 11.3 Å². The molecule has 0 amide bonds. The molecule has 0 fully saturated rings. The molecular weight excluding hydrogens is 172 g/mol. The fraction of sp³-hybridized carbons (Fsp3) is 0.714. The van der Waals surface area contributed by atoms with Crippen molar-refractivity contribution in [3.63, 3.8) is 0 Å². The van der Waals surface area contributed by atoms with Gasteiger partial charge in [-0.25, -0.2) is 0 Å². The van der Waals surface area contributed by atoms with Crippen LogP contribution >= 0.6 is 11.7 Å². The van der Waals surface area contributed by atoms with Crippen molar-refractivity contribution in [2.24, 2.45) is 11.8 Å². The lowest BCUT2D eigenvalue weighted by Gasteiger charge is -2.14. The molecule has 1 heterocycles. The summed E-state index contributed by atoms with van der Waals surface area (Å²) in [6.07, 6.45) is 2.75. The first kappa shape index (κ1) is 9.57. The van der Waals surface area contributed by atoms with Crippen LogP contribution in [-0.4, -0.2) is 8.75 Å². The Balaban J connectivity index is 2.57. The smallest absolute Gasteiger partial charge is 0.0925 e. The van der Waals surface area contributed by atoms with Crippen molar-refractivity contribution in [3.05, 3.63) is 11.9 Å². The number of rotatable bonds is 4. The molecule has 0 aliphatic carbocycles. The Morgan fingerprint density at radius 2 is 2.42 bits per heavy atom. The first-order valence-electron chi connectivity index (χ1n) is 3.97. The van der Waals surface area contributed by atoms with E-state index in [1.54, 1.807) is 6.20 Å². The zero-order chi connectivity index (χ0) is 8.97. The quantitative estimate of drug-likeness (QED) is 0.545. The van der Waals surface area contributed by atoms with E-state index in [2.05, 4.69) is 28.0 Å². The van der Waals surface area contributed by atoms with Gasteiger partial charge >= 0.3 is 0 Å². The van der Waals surface area contributed by atoms with E-state index in [4.69, 9.17) is 5.84 Å². The van der Waals surface area contributed by atoms with Gasteiger partial charge in [0.2, 0.25) is 0 Å². The highest BCUT2D eigenvalue weighted by atomic mass is 32.1. The van der Waals surface area contributed by atoms with Crippen molar-refractivity contribution in [1.29, 1.82) is 0 Å². The Morgan fingerprint density at radius 3 is 2.83 bits per heavy atom. The zero-order valence-electron chi connectivity index (χ0n) is 7.32. The second kappa shape index (κ2) is 4.49. The molecule has 0 aliphatic heterocycles. The topological polar surface area (TPSA) is 63.8 Å². The highest BCUT2D eigenvalue weighted by molar-refractivity contribution is 6.99. The van der Waals surface area contributed by atoms with E-state index in [1.165, 1.54) is 11.7 Å². The van der Waals surface area contributed by atoms with Gasteiger partial charge in [0.25, 0.3) is 0 Å². The van der Waals surface area contributed by atoms with Gasteiger partial charge in [0, 0.05) is 0 Å². The van der Waals surface area contributed by atoms with Crippen molar-refractivity contribution >= 4 is 11.7 Å². The van der Waals surface area contributed by atoms with E-state index in [0.717, 1.165) is 12.1 Å². The van der Waals surface area contributed by atoms with Crippen molar-refractivity contribution < 1.29 is 0 Å². The number of nitrogens with zero attached hydrogens (tertiary/aromatic N) is 2. The molecule has 0 saturated carbocycles. The van der Waals surface area contributed by atoms with E-state index in [0.29, 0.717) is 5.92 Å². The van der Waals surface area contributed by atoms with Crippen LogP contribution in [0.1, 0.15) is 32.0 Å². The van der Waals surface area contributed by atoms with E-state index in [-0.39, 0.29) is 6.04 Å². The van der Waals surface area contributed by atoms with Gasteiger partial charge in [0.05, 0.1) is 29.7 Å². The number of aromatic nitrogens is 2. The maximum atomic E-state index is 5.40. The first-order valence-corrected chi connectivity index (χ1v) is 4.70. The minimum absolute atomic E-state index is 0.142. The molecule has 68 valence electrons. The summed E-state index contributed by atoms with van der Waals surface area (Å²) in [6.45, 7) is 4.31. The van der Waals surface area contributed by atoms with E-state index < -0.39 is 0 Å². The molecule has 0 saturated heterocycles. The van der Waals surface area contributed by atoms with Crippen LogP contribution in [0.5, 0.6) is 0 Å². The summed E-state index contributed by atoms with van der Waals surface area (Å²) in [5.74, 6) is 6.00. The molecule has 12 heavy (non-hydrogen) atoms. The highest BCUT2D eigenvalue weighted by Gasteiger charge is 2.13. The third kappa shape index (κ3) is 2.51. The third-order valence-corrected chi connectivity index (χ3v) is 2.14. The van der Waals surface area contributed by atoms with Crippen LogP contribution in [0.2, 0.25) is 0 Å². The maximum absolute atomic E-state index is 5.40. The molecule has 1 aromatic rings. The fourth-order valence-corrected chi connectivity index (χ4v) is 1.54. The molecule has 0 spiro atoms. The second-order valence-electron chi connectivity index (χ2n) is 3.18. The molecule has 3 N–H and O–H groups in total. The van der Waals surface area contributed by atoms with Crippen molar-refractivity contribution in [3.8, 4) is 0 Å². The molecular formula is C7H14N4S. The summed E-state index contributed by atoms with van der Waals surface area (Å²) in [5, 5.41) is 0. The second-order valence-corrected chi connectivity index (χ2v) is 3.74. The van der Waals surface area contributed by atoms with Crippen molar-refractivity contribution in [2.75, 3.05) is 0 Å². The molecule has 4 nitrogen and oxygen atoms in total. The standard InChI is InChI=1S/C7H14N4S/c1-5(2)3-6(10-8)7-4-9-12-11-7/h4-6,10H,3,8H2,1-2H3. The molecule has 1 unspecified atom stereocenters. The molecule has 1 rings (SSSR count). The summed E-state index contributed by atoms with van der Waals surface area (Å²) in [7, 11) is 0. The third-order valence-electron chi connectivity index (χ3n) is 1.64. The predicted molar refractivity (Wildman–Crippen MR) is 49.4 cm³/mol. The van der Waals surface area contributed by atoms with Crippen molar-refractivity contribution in [1.82, 2.24) is 14.2 Å². The summed E-state index contributed by atoms with van der Waals surface area (Å²) < 4.78 is 8.06. The van der Waals surface area contributed by atoms with E-state index >= 15 is 0 Å². The lowest BCUT2D eigenvalue weighted by atomic mass is 10.0. The van der Waals surface area contributed by atoms with Crippen LogP contribution in [0.3, 0.4) is 0 Å². The Morgan fingerprint density at radius 1 is 1.67 bits per heavy atom. The molecule has 0 bridgehead atoms. The van der Waals surface area contributed by atoms with Crippen LogP contribution in [-0.2, 0) is 0 Å². The Bertz CT molecular complexity index is 209. The van der Waals surface area contributed by atoms with Crippen molar-refractivity contribution in [2.45, 2.75) is 26.3 Å². The Labute approximate surface area is 76.5 Å². The van der Waals surface area contributed by atoms with Gasteiger partial charge < -0.3 is 0 Å².